The van der Waals surface area contributed by atoms with Gasteiger partial charge in [-0.15, -0.1) is 0 Å². The van der Waals surface area contributed by atoms with Crippen LogP contribution in [0.1, 0.15) is 27.0 Å². The fourth-order valence-electron chi connectivity index (χ4n) is 2.50. The summed E-state index contributed by atoms with van der Waals surface area (Å²) in [5, 5.41) is 25.7. The zero-order valence-electron chi connectivity index (χ0n) is 14.2. The number of nitro benzene ring substituents is 1. The molecule has 1 amide bonds. The number of amides is 1. The monoisotopic (exact) mass is 343 g/mol. The van der Waals surface area contributed by atoms with Gasteiger partial charge in [0, 0.05) is 36.0 Å². The van der Waals surface area contributed by atoms with E-state index in [2.05, 4.69) is 10.6 Å². The summed E-state index contributed by atoms with van der Waals surface area (Å²) in [4.78, 5) is 22.7. The Morgan fingerprint density at radius 2 is 2.00 bits per heavy atom. The van der Waals surface area contributed by atoms with Crippen LogP contribution in [0.15, 0.2) is 36.4 Å². The minimum absolute atomic E-state index is 0.0909. The smallest absolute Gasteiger partial charge is 0.272 e. The molecule has 0 bridgehead atoms. The molecular weight excluding hydrogens is 322 g/mol. The number of hydrogen-bond donors (Lipinski definition) is 3. The number of rotatable bonds is 7. The number of nitrogens with one attached hydrogen (secondary N) is 2. The van der Waals surface area contributed by atoms with Crippen molar-refractivity contribution in [1.82, 2.24) is 5.32 Å². The summed E-state index contributed by atoms with van der Waals surface area (Å²) in [5.74, 6) is -0.249. The molecule has 2 aromatic carbocycles. The molecule has 0 radical (unpaired) electrons. The number of nitro groups is 1. The van der Waals surface area contributed by atoms with E-state index in [1.165, 1.54) is 0 Å². The summed E-state index contributed by atoms with van der Waals surface area (Å²) in [5.41, 5.74) is 3.57. The molecule has 0 aliphatic carbocycles. The number of anilines is 1. The Balaban J connectivity index is 2.15. The van der Waals surface area contributed by atoms with Gasteiger partial charge in [-0.3, -0.25) is 14.9 Å². The number of nitrogens with zero attached hydrogens (tertiary/aromatic N) is 1. The standard InChI is InChI=1S/C18H21N3O4/c1-12-6-7-14(10-17(12)21(24)25)11-20-16-5-3-4-15(13(16)2)18(23)19-8-9-22/h3-7,10,20,22H,8-9,11H2,1-2H3,(H,19,23). The van der Waals surface area contributed by atoms with Gasteiger partial charge in [0.05, 0.1) is 11.5 Å². The van der Waals surface area contributed by atoms with Gasteiger partial charge in [0.2, 0.25) is 0 Å². The minimum atomic E-state index is -0.393. The highest BCUT2D eigenvalue weighted by Crippen LogP contribution is 2.22. The second-order valence-electron chi connectivity index (χ2n) is 5.69. The molecule has 0 saturated carbocycles. The first-order chi connectivity index (χ1) is 11.9. The van der Waals surface area contributed by atoms with E-state index in [-0.39, 0.29) is 24.7 Å². The van der Waals surface area contributed by atoms with Gasteiger partial charge in [0.25, 0.3) is 11.6 Å². The molecule has 7 heteroatoms. The van der Waals surface area contributed by atoms with Gasteiger partial charge in [-0.1, -0.05) is 18.2 Å². The first-order valence-electron chi connectivity index (χ1n) is 7.90. The van der Waals surface area contributed by atoms with Gasteiger partial charge in [-0.05, 0) is 37.1 Å². The van der Waals surface area contributed by atoms with Gasteiger partial charge in [-0.2, -0.15) is 0 Å². The van der Waals surface area contributed by atoms with Crippen LogP contribution in [0.2, 0.25) is 0 Å². The summed E-state index contributed by atoms with van der Waals surface area (Å²) in [7, 11) is 0. The lowest BCUT2D eigenvalue weighted by molar-refractivity contribution is -0.385. The van der Waals surface area contributed by atoms with Crippen molar-refractivity contribution in [2.45, 2.75) is 20.4 Å². The highest BCUT2D eigenvalue weighted by atomic mass is 16.6. The zero-order chi connectivity index (χ0) is 18.4. The maximum Gasteiger partial charge on any atom is 0.272 e. The maximum absolute atomic E-state index is 12.1. The summed E-state index contributed by atoms with van der Waals surface area (Å²) >= 11 is 0. The Morgan fingerprint density at radius 1 is 1.24 bits per heavy atom. The first-order valence-corrected chi connectivity index (χ1v) is 7.90. The molecular formula is C18H21N3O4. The van der Waals surface area contributed by atoms with E-state index in [0.717, 1.165) is 16.8 Å². The van der Waals surface area contributed by atoms with E-state index in [9.17, 15) is 14.9 Å². The molecule has 0 spiro atoms. The highest BCUT2D eigenvalue weighted by Gasteiger charge is 2.13. The van der Waals surface area contributed by atoms with Crippen molar-refractivity contribution in [1.29, 1.82) is 0 Å². The Kier molecular flexibility index (Phi) is 6.08. The van der Waals surface area contributed by atoms with Crippen LogP contribution in [0.4, 0.5) is 11.4 Å². The molecule has 2 rings (SSSR count). The van der Waals surface area contributed by atoms with Crippen molar-refractivity contribution in [3.05, 3.63) is 68.8 Å². The van der Waals surface area contributed by atoms with Gasteiger partial charge in [-0.25, -0.2) is 0 Å². The van der Waals surface area contributed by atoms with Crippen molar-refractivity contribution in [3.8, 4) is 0 Å². The Labute approximate surface area is 145 Å². The zero-order valence-corrected chi connectivity index (χ0v) is 14.2. The number of aryl methyl sites for hydroxylation is 1. The van der Waals surface area contributed by atoms with Crippen LogP contribution < -0.4 is 10.6 Å². The van der Waals surface area contributed by atoms with Gasteiger partial charge in [0.15, 0.2) is 0 Å². The molecule has 0 saturated heterocycles. The second kappa shape index (κ2) is 8.25. The summed E-state index contributed by atoms with van der Waals surface area (Å²) in [6.07, 6.45) is 0. The number of hydrogen-bond acceptors (Lipinski definition) is 5. The molecule has 0 aliphatic rings. The number of benzene rings is 2. The Bertz CT molecular complexity index is 790. The van der Waals surface area contributed by atoms with Crippen molar-refractivity contribution < 1.29 is 14.8 Å². The topological polar surface area (TPSA) is 104 Å². The Morgan fingerprint density at radius 3 is 2.68 bits per heavy atom. The summed E-state index contributed by atoms with van der Waals surface area (Å²) in [6, 6.07) is 10.4. The molecule has 132 valence electrons. The molecule has 3 N–H and O–H groups in total. The van der Waals surface area contributed by atoms with Crippen LogP contribution in [0.3, 0.4) is 0 Å². The lowest BCUT2D eigenvalue weighted by Gasteiger charge is -2.13. The molecule has 0 fully saturated rings. The first kappa shape index (κ1) is 18.4. The van der Waals surface area contributed by atoms with E-state index >= 15 is 0 Å². The van der Waals surface area contributed by atoms with Crippen molar-refractivity contribution in [2.75, 3.05) is 18.5 Å². The third kappa shape index (κ3) is 4.54. The van der Waals surface area contributed by atoms with Crippen molar-refractivity contribution in [2.24, 2.45) is 0 Å². The molecule has 0 atom stereocenters. The fourth-order valence-corrected chi connectivity index (χ4v) is 2.50. The third-order valence-electron chi connectivity index (χ3n) is 3.93. The minimum Gasteiger partial charge on any atom is -0.395 e. The maximum atomic E-state index is 12.1. The Hall–Kier alpha value is -2.93. The number of aliphatic hydroxyl groups is 1. The lowest BCUT2D eigenvalue weighted by atomic mass is 10.1. The average Bonchev–Trinajstić information content (AvgIpc) is 2.59. The quantitative estimate of drug-likeness (QED) is 0.529. The molecule has 7 nitrogen and oxygen atoms in total. The van der Waals surface area contributed by atoms with E-state index in [4.69, 9.17) is 5.11 Å². The van der Waals surface area contributed by atoms with Gasteiger partial charge in [0.1, 0.15) is 0 Å². The molecule has 0 aliphatic heterocycles. The molecule has 2 aromatic rings. The van der Waals surface area contributed by atoms with Crippen LogP contribution in [0.25, 0.3) is 0 Å². The molecule has 0 aromatic heterocycles. The largest absolute Gasteiger partial charge is 0.395 e. The van der Waals surface area contributed by atoms with Crippen molar-refractivity contribution >= 4 is 17.3 Å². The molecule has 0 unspecified atom stereocenters. The van der Waals surface area contributed by atoms with Crippen LogP contribution in [-0.4, -0.2) is 29.1 Å². The van der Waals surface area contributed by atoms with E-state index in [1.807, 2.05) is 19.1 Å². The predicted octanol–water partition coefficient (Wildman–Crippen LogP) is 2.55. The molecule has 0 heterocycles. The van der Waals surface area contributed by atoms with Gasteiger partial charge >= 0.3 is 0 Å². The highest BCUT2D eigenvalue weighted by molar-refractivity contribution is 5.97. The fraction of sp³-hybridized carbons (Fsp3) is 0.278. The van der Waals surface area contributed by atoms with Crippen LogP contribution in [0.5, 0.6) is 0 Å². The van der Waals surface area contributed by atoms with E-state index < -0.39 is 4.92 Å². The lowest BCUT2D eigenvalue weighted by Crippen LogP contribution is -2.27. The van der Waals surface area contributed by atoms with Crippen LogP contribution in [-0.2, 0) is 6.54 Å². The number of aliphatic hydroxyl groups excluding tert-OH is 1. The van der Waals surface area contributed by atoms with E-state index in [1.54, 1.807) is 31.2 Å². The van der Waals surface area contributed by atoms with Crippen molar-refractivity contribution in [3.63, 3.8) is 0 Å². The van der Waals surface area contributed by atoms with Crippen LogP contribution in [0, 0.1) is 24.0 Å². The summed E-state index contributed by atoms with van der Waals surface area (Å²) in [6.45, 7) is 4.02. The summed E-state index contributed by atoms with van der Waals surface area (Å²) < 4.78 is 0. The normalized spacial score (nSPS) is 10.4. The average molecular weight is 343 g/mol. The van der Waals surface area contributed by atoms with E-state index in [0.29, 0.717) is 17.7 Å². The molecule has 25 heavy (non-hydrogen) atoms. The van der Waals surface area contributed by atoms with Gasteiger partial charge < -0.3 is 15.7 Å². The predicted molar refractivity (Wildman–Crippen MR) is 95.8 cm³/mol. The third-order valence-corrected chi connectivity index (χ3v) is 3.93. The second-order valence-corrected chi connectivity index (χ2v) is 5.69. The number of carbonyl (C=O) groups excluding carboxylic acids is 1. The SMILES string of the molecule is Cc1ccc(CNc2cccc(C(=O)NCCO)c2C)cc1[N+](=O)[O-]. The number of carbonyl (C=O) groups is 1. The van der Waals surface area contributed by atoms with Crippen LogP contribution >= 0.6 is 0 Å².